The summed E-state index contributed by atoms with van der Waals surface area (Å²) in [7, 11) is 1.64. The van der Waals surface area contributed by atoms with Crippen molar-refractivity contribution in [1.82, 2.24) is 20.4 Å². The van der Waals surface area contributed by atoms with Gasteiger partial charge in [0.25, 0.3) is 0 Å². The lowest BCUT2D eigenvalue weighted by Crippen LogP contribution is -2.41. The second-order valence-electron chi connectivity index (χ2n) is 10.4. The van der Waals surface area contributed by atoms with E-state index in [0.29, 0.717) is 18.3 Å². The lowest BCUT2D eigenvalue weighted by Gasteiger charge is -2.31. The second kappa shape index (κ2) is 10.6. The number of carbonyl (C=O) groups excluding carboxylic acids is 1. The van der Waals surface area contributed by atoms with Crippen molar-refractivity contribution in [2.45, 2.75) is 58.5 Å². The Labute approximate surface area is 207 Å². The summed E-state index contributed by atoms with van der Waals surface area (Å²) in [5, 5.41) is 7.32. The Morgan fingerprint density at radius 1 is 1.11 bits per heavy atom. The number of methoxy groups -OCH3 is 1. The standard InChI is InChI=1S/C28H36N4O3/c1-19(20-6-10-23(11-7-20)28(2,3)4)29-27(33)22-14-16-32(17-15-22)18-25-30-26(31-35-25)21-8-12-24(34-5)13-9-21/h6-13,19,22H,14-18H2,1-5H3,(H,29,33). The first-order chi connectivity index (χ1) is 16.7. The van der Waals surface area contributed by atoms with E-state index in [-0.39, 0.29) is 23.3 Å². The SMILES string of the molecule is COc1ccc(-c2noc(CN3CCC(C(=O)NC(C)c4ccc(C(C)(C)C)cc4)CC3)n2)cc1. The Balaban J connectivity index is 1.25. The number of nitrogens with zero attached hydrogens (tertiary/aromatic N) is 3. The summed E-state index contributed by atoms with van der Waals surface area (Å²) in [6.07, 6.45) is 1.64. The molecule has 4 rings (SSSR count). The van der Waals surface area contributed by atoms with Crippen molar-refractivity contribution in [2.75, 3.05) is 20.2 Å². The van der Waals surface area contributed by atoms with Crippen LogP contribution in [0, 0.1) is 5.92 Å². The highest BCUT2D eigenvalue weighted by Crippen LogP contribution is 2.25. The average Bonchev–Trinajstić information content (AvgIpc) is 3.32. The second-order valence-corrected chi connectivity index (χ2v) is 10.4. The fourth-order valence-electron chi connectivity index (χ4n) is 4.41. The van der Waals surface area contributed by atoms with Crippen LogP contribution in [0.15, 0.2) is 53.1 Å². The third kappa shape index (κ3) is 6.28. The lowest BCUT2D eigenvalue weighted by molar-refractivity contribution is -0.127. The van der Waals surface area contributed by atoms with Crippen molar-refractivity contribution in [3.05, 3.63) is 65.5 Å². The molecule has 1 amide bonds. The van der Waals surface area contributed by atoms with Gasteiger partial charge in [-0.1, -0.05) is 50.2 Å². The maximum atomic E-state index is 12.9. The first kappa shape index (κ1) is 24.9. The van der Waals surface area contributed by atoms with E-state index in [0.717, 1.165) is 42.8 Å². The van der Waals surface area contributed by atoms with Crippen molar-refractivity contribution >= 4 is 5.91 Å². The Kier molecular flexibility index (Phi) is 7.55. The Morgan fingerprint density at radius 2 is 1.77 bits per heavy atom. The van der Waals surface area contributed by atoms with Crippen LogP contribution in [0.5, 0.6) is 5.75 Å². The van der Waals surface area contributed by atoms with Crippen LogP contribution in [0.1, 0.15) is 63.6 Å². The normalized spacial score (nSPS) is 16.1. The van der Waals surface area contributed by atoms with Crippen LogP contribution in [-0.2, 0) is 16.8 Å². The Morgan fingerprint density at radius 3 is 2.37 bits per heavy atom. The minimum Gasteiger partial charge on any atom is -0.497 e. The molecule has 186 valence electrons. The zero-order valence-electron chi connectivity index (χ0n) is 21.4. The largest absolute Gasteiger partial charge is 0.497 e. The average molecular weight is 477 g/mol. The van der Waals surface area contributed by atoms with E-state index in [1.807, 2.05) is 24.3 Å². The molecule has 7 heteroatoms. The third-order valence-corrected chi connectivity index (χ3v) is 6.77. The van der Waals surface area contributed by atoms with Crippen molar-refractivity contribution in [3.63, 3.8) is 0 Å². The zero-order valence-corrected chi connectivity index (χ0v) is 21.4. The smallest absolute Gasteiger partial charge is 0.241 e. The van der Waals surface area contributed by atoms with Gasteiger partial charge in [0.15, 0.2) is 0 Å². The molecule has 0 saturated carbocycles. The number of likely N-dealkylation sites (tertiary alicyclic amines) is 1. The molecule has 0 aliphatic carbocycles. The minimum absolute atomic E-state index is 0.00989. The van der Waals surface area contributed by atoms with Gasteiger partial charge in [-0.3, -0.25) is 9.69 Å². The van der Waals surface area contributed by atoms with Crippen molar-refractivity contribution < 1.29 is 14.1 Å². The van der Waals surface area contributed by atoms with Crippen LogP contribution in [0.4, 0.5) is 0 Å². The molecule has 2 aromatic carbocycles. The number of ether oxygens (including phenoxy) is 1. The molecule has 0 bridgehead atoms. The van der Waals surface area contributed by atoms with Crippen molar-refractivity contribution in [2.24, 2.45) is 5.92 Å². The Bertz CT molecular complexity index is 1110. The number of amides is 1. The number of aromatic nitrogens is 2. The van der Waals surface area contributed by atoms with Gasteiger partial charge < -0.3 is 14.6 Å². The molecule has 0 radical (unpaired) electrons. The molecule has 1 saturated heterocycles. The monoisotopic (exact) mass is 476 g/mol. The van der Waals surface area contributed by atoms with E-state index in [1.165, 1.54) is 5.56 Å². The predicted octanol–water partition coefficient (Wildman–Crippen LogP) is 5.13. The van der Waals surface area contributed by atoms with Crippen LogP contribution >= 0.6 is 0 Å². The number of benzene rings is 2. The van der Waals surface area contributed by atoms with Gasteiger partial charge in [-0.2, -0.15) is 4.98 Å². The highest BCUT2D eigenvalue weighted by Gasteiger charge is 2.27. The maximum Gasteiger partial charge on any atom is 0.241 e. The summed E-state index contributed by atoms with van der Waals surface area (Å²) in [5.41, 5.74) is 3.44. The topological polar surface area (TPSA) is 80.5 Å². The van der Waals surface area contributed by atoms with Crippen LogP contribution in [-0.4, -0.2) is 41.1 Å². The van der Waals surface area contributed by atoms with Gasteiger partial charge in [0, 0.05) is 11.5 Å². The molecule has 1 fully saturated rings. The van der Waals surface area contributed by atoms with E-state index in [9.17, 15) is 4.79 Å². The molecule has 7 nitrogen and oxygen atoms in total. The lowest BCUT2D eigenvalue weighted by atomic mass is 9.86. The summed E-state index contributed by atoms with van der Waals surface area (Å²) in [6.45, 7) is 10.9. The van der Waals surface area contributed by atoms with Crippen LogP contribution < -0.4 is 10.1 Å². The Hall–Kier alpha value is -3.19. The first-order valence-electron chi connectivity index (χ1n) is 12.3. The number of rotatable bonds is 7. The van der Waals surface area contributed by atoms with Gasteiger partial charge in [-0.25, -0.2) is 0 Å². The molecular weight excluding hydrogens is 440 g/mol. The van der Waals surface area contributed by atoms with E-state index in [2.05, 4.69) is 72.3 Å². The molecule has 1 aliphatic rings. The van der Waals surface area contributed by atoms with Crippen LogP contribution in [0.3, 0.4) is 0 Å². The first-order valence-corrected chi connectivity index (χ1v) is 12.3. The van der Waals surface area contributed by atoms with E-state index < -0.39 is 0 Å². The fourth-order valence-corrected chi connectivity index (χ4v) is 4.41. The van der Waals surface area contributed by atoms with Crippen molar-refractivity contribution in [3.8, 4) is 17.1 Å². The van der Waals surface area contributed by atoms with Gasteiger partial charge >= 0.3 is 0 Å². The van der Waals surface area contributed by atoms with Crippen molar-refractivity contribution in [1.29, 1.82) is 0 Å². The fraction of sp³-hybridized carbons (Fsp3) is 0.464. The summed E-state index contributed by atoms with van der Waals surface area (Å²) in [4.78, 5) is 19.7. The number of hydrogen-bond acceptors (Lipinski definition) is 6. The molecule has 1 unspecified atom stereocenters. The molecule has 1 aromatic heterocycles. The number of hydrogen-bond donors (Lipinski definition) is 1. The molecule has 1 atom stereocenters. The summed E-state index contributed by atoms with van der Waals surface area (Å²) < 4.78 is 10.7. The molecular formula is C28H36N4O3. The zero-order chi connectivity index (χ0) is 25.0. The highest BCUT2D eigenvalue weighted by atomic mass is 16.5. The van der Waals surface area contributed by atoms with Crippen LogP contribution in [0.25, 0.3) is 11.4 Å². The van der Waals surface area contributed by atoms with E-state index in [1.54, 1.807) is 7.11 Å². The van der Waals surface area contributed by atoms with Gasteiger partial charge in [-0.15, -0.1) is 0 Å². The molecule has 1 aliphatic heterocycles. The van der Waals surface area contributed by atoms with E-state index >= 15 is 0 Å². The molecule has 3 aromatic rings. The number of nitrogens with one attached hydrogen (secondary N) is 1. The van der Waals surface area contributed by atoms with Gasteiger partial charge in [-0.05, 0) is 73.7 Å². The number of carbonyl (C=O) groups is 1. The molecule has 0 spiro atoms. The molecule has 1 N–H and O–H groups in total. The summed E-state index contributed by atoms with van der Waals surface area (Å²) in [6, 6.07) is 16.1. The predicted molar refractivity (Wildman–Crippen MR) is 136 cm³/mol. The van der Waals surface area contributed by atoms with Crippen LogP contribution in [0.2, 0.25) is 0 Å². The van der Waals surface area contributed by atoms with Gasteiger partial charge in [0.1, 0.15) is 5.75 Å². The summed E-state index contributed by atoms with van der Waals surface area (Å²) >= 11 is 0. The quantitative estimate of drug-likeness (QED) is 0.509. The minimum atomic E-state index is -0.00989. The van der Waals surface area contributed by atoms with E-state index in [4.69, 9.17) is 9.26 Å². The molecule has 35 heavy (non-hydrogen) atoms. The maximum absolute atomic E-state index is 12.9. The summed E-state index contributed by atoms with van der Waals surface area (Å²) in [5.74, 6) is 2.11. The molecule has 2 heterocycles. The third-order valence-electron chi connectivity index (χ3n) is 6.77. The highest BCUT2D eigenvalue weighted by molar-refractivity contribution is 5.79. The van der Waals surface area contributed by atoms with Gasteiger partial charge in [0.2, 0.25) is 17.6 Å². The van der Waals surface area contributed by atoms with Gasteiger partial charge in [0.05, 0.1) is 19.7 Å². The number of piperidine rings is 1.